The van der Waals surface area contributed by atoms with Crippen LogP contribution < -0.4 is 10.1 Å². The second kappa shape index (κ2) is 13.8. The van der Waals surface area contributed by atoms with Crippen molar-refractivity contribution in [1.29, 1.82) is 0 Å². The van der Waals surface area contributed by atoms with Gasteiger partial charge in [-0.1, -0.05) is 117 Å². The van der Waals surface area contributed by atoms with Gasteiger partial charge in [-0.25, -0.2) is 4.79 Å². The van der Waals surface area contributed by atoms with Gasteiger partial charge >= 0.3 is 6.03 Å². The van der Waals surface area contributed by atoms with E-state index in [-0.39, 0.29) is 35.6 Å². The van der Waals surface area contributed by atoms with Gasteiger partial charge in [0.1, 0.15) is 5.75 Å². The second-order valence-electron chi connectivity index (χ2n) is 18.1. The van der Waals surface area contributed by atoms with Crippen molar-refractivity contribution < 1.29 is 24.5 Å². The Hall–Kier alpha value is -4.98. The lowest BCUT2D eigenvalue weighted by Crippen LogP contribution is -2.67. The number of carbonyl (C=O) groups is 2. The molecule has 3 saturated carbocycles. The van der Waals surface area contributed by atoms with Crippen molar-refractivity contribution in [1.82, 2.24) is 4.90 Å². The zero-order valence-electron chi connectivity index (χ0n) is 33.3. The molecule has 0 radical (unpaired) electrons. The maximum atomic E-state index is 15.5. The van der Waals surface area contributed by atoms with Crippen molar-refractivity contribution >= 4 is 17.5 Å². The minimum atomic E-state index is -1.22. The van der Waals surface area contributed by atoms with E-state index in [1.54, 1.807) is 12.0 Å². The van der Waals surface area contributed by atoms with Crippen molar-refractivity contribution in [3.63, 3.8) is 0 Å². The summed E-state index contributed by atoms with van der Waals surface area (Å²) in [4.78, 5) is 31.6. The van der Waals surface area contributed by atoms with Gasteiger partial charge in [-0.05, 0) is 103 Å². The summed E-state index contributed by atoms with van der Waals surface area (Å²) in [7, 11) is 1.61. The highest BCUT2D eigenvalue weighted by atomic mass is 16.5. The fourth-order valence-corrected chi connectivity index (χ4v) is 12.5. The van der Waals surface area contributed by atoms with Gasteiger partial charge in [0.2, 0.25) is 0 Å². The first-order valence-electron chi connectivity index (χ1n) is 20.7. The third kappa shape index (κ3) is 5.75. The number of hydrogen-bond acceptors (Lipinski definition) is 5. The van der Waals surface area contributed by atoms with Crippen LogP contribution in [0.15, 0.2) is 133 Å². The number of urea groups is 1. The van der Waals surface area contributed by atoms with Gasteiger partial charge in [-0.3, -0.25) is 4.79 Å². The Kier molecular flexibility index (Phi) is 9.13. The van der Waals surface area contributed by atoms with Crippen molar-refractivity contribution in [3.8, 4) is 16.9 Å². The largest absolute Gasteiger partial charge is 0.497 e. The van der Waals surface area contributed by atoms with Crippen LogP contribution in [0, 0.1) is 33.5 Å². The van der Waals surface area contributed by atoms with E-state index in [2.05, 4.69) is 49.5 Å². The molecule has 0 saturated heterocycles. The summed E-state index contributed by atoms with van der Waals surface area (Å²) in [6.45, 7) is 5.13. The van der Waals surface area contributed by atoms with Crippen LogP contribution in [0.25, 0.3) is 11.1 Å². The highest BCUT2D eigenvalue weighted by Crippen LogP contribution is 2.78. The van der Waals surface area contributed by atoms with Crippen molar-refractivity contribution in [2.45, 2.75) is 77.0 Å². The SMILES string of the molecule is COc1ccc(NC(=O)N(Cc2ccccc2)C[C@]2(O)CC[C@H]3[C@]45C=C[C@@]6(C=C4C(=O)c4ccccc4-c4ccccc4)CC(O)CC[C@]6(C)[C@H]5CC[C@@]32C)cc1. The number of aliphatic hydroxyl groups excluding tert-OH is 1. The number of ketones is 1. The molecule has 6 aliphatic rings. The quantitative estimate of drug-likeness (QED) is 0.117. The van der Waals surface area contributed by atoms with Gasteiger partial charge in [0, 0.05) is 39.6 Å². The lowest BCUT2D eigenvalue weighted by Gasteiger charge is -2.71. The summed E-state index contributed by atoms with van der Waals surface area (Å²) >= 11 is 0. The maximum absolute atomic E-state index is 15.5. The maximum Gasteiger partial charge on any atom is 0.322 e. The Bertz CT molecular complexity index is 2240. The topological polar surface area (TPSA) is 99.1 Å². The van der Waals surface area contributed by atoms with E-state index in [4.69, 9.17) is 4.74 Å². The van der Waals surface area contributed by atoms with Gasteiger partial charge in [0.15, 0.2) is 5.78 Å². The highest BCUT2D eigenvalue weighted by Gasteiger charge is 2.74. The molecule has 4 aromatic carbocycles. The molecule has 3 N–H and O–H groups in total. The molecule has 7 heteroatoms. The molecule has 4 aromatic rings. The first-order chi connectivity index (χ1) is 27.5. The van der Waals surface area contributed by atoms with E-state index in [0.29, 0.717) is 36.4 Å². The van der Waals surface area contributed by atoms with Crippen LogP contribution in [0.1, 0.15) is 74.7 Å². The third-order valence-electron chi connectivity index (χ3n) is 15.5. The number of ether oxygens (including phenoxy) is 1. The van der Waals surface area contributed by atoms with Crippen molar-refractivity contribution in [2.75, 3.05) is 19.0 Å². The fraction of sp³-hybridized carbons (Fsp3) is 0.400. The van der Waals surface area contributed by atoms with Crippen LogP contribution in [0.5, 0.6) is 5.75 Å². The average molecular weight is 763 g/mol. The van der Waals surface area contributed by atoms with Crippen LogP contribution in [-0.2, 0) is 6.54 Å². The molecular weight excluding hydrogens is 709 g/mol. The monoisotopic (exact) mass is 762 g/mol. The van der Waals surface area contributed by atoms with Crippen LogP contribution in [0.2, 0.25) is 0 Å². The Morgan fingerprint density at radius 3 is 2.18 bits per heavy atom. The second-order valence-corrected chi connectivity index (χ2v) is 18.1. The number of nitrogens with zero attached hydrogens (tertiary/aromatic N) is 1. The number of aliphatic hydroxyl groups is 2. The van der Waals surface area contributed by atoms with E-state index in [0.717, 1.165) is 54.4 Å². The molecular formula is C50H54N2O5. The number of amides is 2. The molecule has 2 spiro atoms. The number of methoxy groups -OCH3 is 1. The number of carbonyl (C=O) groups excluding carboxylic acids is 2. The summed E-state index contributed by atoms with van der Waals surface area (Å²) in [6, 6.07) is 35.0. The number of allylic oxidation sites excluding steroid dienone is 4. The van der Waals surface area contributed by atoms with E-state index < -0.39 is 27.9 Å². The molecule has 2 bridgehead atoms. The summed E-state index contributed by atoms with van der Waals surface area (Å²) < 4.78 is 5.34. The van der Waals surface area contributed by atoms with Crippen LogP contribution in [-0.4, -0.2) is 52.3 Å². The summed E-state index contributed by atoms with van der Waals surface area (Å²) in [6.07, 6.45) is 11.7. The number of nitrogens with one attached hydrogen (secondary N) is 1. The predicted octanol–water partition coefficient (Wildman–Crippen LogP) is 9.87. The van der Waals surface area contributed by atoms with Crippen molar-refractivity contribution in [3.05, 3.63) is 144 Å². The zero-order chi connectivity index (χ0) is 39.6. The van der Waals surface area contributed by atoms with E-state index in [1.165, 1.54) is 0 Å². The standard InChI is InChI=1S/C50H54N2O5/c1-46-25-22-37(53)30-48(46)28-29-50(41(31-48)44(54)40-17-11-10-16-39(40)35-14-8-5-9-15-35)42(46)23-26-47(2)43(50)24-27-49(47,56)33-52(32-34-12-6-4-7-13-34)45(55)51-36-18-20-38(57-3)21-19-36/h4-21,28-29,31,37,42-43,53,56H,22-27,30,32-33H2,1-3H3,(H,51,55)/t37?,42-,43-,46-,47+,48+,49-,50-/m1/s1. The Morgan fingerprint density at radius 2 is 1.44 bits per heavy atom. The fourth-order valence-electron chi connectivity index (χ4n) is 12.5. The summed E-state index contributed by atoms with van der Waals surface area (Å²) in [5, 5.41) is 27.5. The number of rotatable bonds is 9. The van der Waals surface area contributed by atoms with Crippen LogP contribution >= 0.6 is 0 Å². The summed E-state index contributed by atoms with van der Waals surface area (Å²) in [5.74, 6) is 0.854. The number of anilines is 1. The highest BCUT2D eigenvalue weighted by molar-refractivity contribution is 6.14. The normalized spacial score (nSPS) is 33.4. The zero-order valence-corrected chi connectivity index (χ0v) is 33.3. The first-order valence-corrected chi connectivity index (χ1v) is 20.7. The average Bonchev–Trinajstić information content (AvgIpc) is 3.50. The number of Topliss-reactive ketones (excluding diaryl/α,β-unsaturated/α-hetero) is 1. The smallest absolute Gasteiger partial charge is 0.322 e. The lowest BCUT2D eigenvalue weighted by atomic mass is 9.32. The molecule has 8 atom stereocenters. The molecule has 7 nitrogen and oxygen atoms in total. The molecule has 0 aromatic heterocycles. The molecule has 3 fully saturated rings. The number of fused-ring (bicyclic) bond motifs is 1. The Balaban J connectivity index is 1.12. The minimum Gasteiger partial charge on any atom is -0.497 e. The van der Waals surface area contributed by atoms with Gasteiger partial charge in [0.25, 0.3) is 0 Å². The van der Waals surface area contributed by atoms with Crippen LogP contribution in [0.4, 0.5) is 10.5 Å². The molecule has 6 aliphatic carbocycles. The molecule has 10 rings (SSSR count). The van der Waals surface area contributed by atoms with Gasteiger partial charge in [-0.2, -0.15) is 0 Å². The molecule has 0 heterocycles. The van der Waals surface area contributed by atoms with E-state index in [1.807, 2.05) is 97.1 Å². The molecule has 294 valence electrons. The Labute approximate surface area is 336 Å². The van der Waals surface area contributed by atoms with E-state index in [9.17, 15) is 15.0 Å². The minimum absolute atomic E-state index is 0.0366. The number of hydrogen-bond donors (Lipinski definition) is 3. The number of benzene rings is 4. The lowest BCUT2D eigenvalue weighted by molar-refractivity contribution is -0.174. The molecule has 2 amide bonds. The van der Waals surface area contributed by atoms with Crippen molar-refractivity contribution in [2.24, 2.45) is 33.5 Å². The molecule has 57 heavy (non-hydrogen) atoms. The van der Waals surface area contributed by atoms with Gasteiger partial charge in [-0.15, -0.1) is 0 Å². The molecule has 1 unspecified atom stereocenters. The molecule has 0 aliphatic heterocycles. The first kappa shape index (κ1) is 37.6. The van der Waals surface area contributed by atoms with Gasteiger partial charge < -0.3 is 25.2 Å². The van der Waals surface area contributed by atoms with Gasteiger partial charge in [0.05, 0.1) is 25.4 Å². The predicted molar refractivity (Wildman–Crippen MR) is 224 cm³/mol. The Morgan fingerprint density at radius 1 is 0.789 bits per heavy atom. The van der Waals surface area contributed by atoms with E-state index >= 15 is 4.79 Å². The summed E-state index contributed by atoms with van der Waals surface area (Å²) in [5.41, 5.74) is 2.01. The van der Waals surface area contributed by atoms with Crippen LogP contribution in [0.3, 0.4) is 0 Å². The third-order valence-corrected chi connectivity index (χ3v) is 15.5.